The van der Waals surface area contributed by atoms with Gasteiger partial charge in [-0.2, -0.15) is 0 Å². The molecule has 0 saturated carbocycles. The molecule has 1 amide bonds. The number of carbonyl (C=O) groups is 1. The van der Waals surface area contributed by atoms with Gasteiger partial charge < -0.3 is 9.64 Å². The summed E-state index contributed by atoms with van der Waals surface area (Å²) in [6.07, 6.45) is 5.43. The van der Waals surface area contributed by atoms with E-state index in [1.165, 1.54) is 12.0 Å². The summed E-state index contributed by atoms with van der Waals surface area (Å²) in [7, 11) is 1.70. The number of hydrogen-bond donors (Lipinski definition) is 0. The van der Waals surface area contributed by atoms with E-state index in [1.807, 2.05) is 30.3 Å². The zero-order valence-electron chi connectivity index (χ0n) is 16.6. The molecule has 0 spiro atoms. The van der Waals surface area contributed by atoms with Crippen molar-refractivity contribution in [1.82, 2.24) is 14.8 Å². The molecule has 0 N–H and O–H groups in total. The molecule has 2 atom stereocenters. The monoisotopic (exact) mass is 379 g/mol. The highest BCUT2D eigenvalue weighted by molar-refractivity contribution is 5.77. The molecule has 5 nitrogen and oxygen atoms in total. The lowest BCUT2D eigenvalue weighted by molar-refractivity contribution is -0.135. The van der Waals surface area contributed by atoms with Crippen LogP contribution in [0, 0.1) is 5.92 Å². The lowest BCUT2D eigenvalue weighted by Gasteiger charge is -2.36. The molecule has 3 aliphatic heterocycles. The number of rotatable bonds is 6. The smallest absolute Gasteiger partial charge is 0.223 e. The van der Waals surface area contributed by atoms with Gasteiger partial charge in [0.1, 0.15) is 5.75 Å². The molecule has 2 bridgehead atoms. The van der Waals surface area contributed by atoms with E-state index in [4.69, 9.17) is 4.74 Å². The second kappa shape index (κ2) is 8.74. The zero-order valence-corrected chi connectivity index (χ0v) is 16.6. The molecule has 3 fully saturated rings. The Morgan fingerprint density at radius 3 is 2.71 bits per heavy atom. The number of methoxy groups -OCH3 is 1. The summed E-state index contributed by atoms with van der Waals surface area (Å²) in [6.45, 7) is 3.89. The number of nitrogens with zero attached hydrogens (tertiary/aromatic N) is 3. The first-order chi connectivity index (χ1) is 13.7. The van der Waals surface area contributed by atoms with Crippen LogP contribution in [-0.4, -0.2) is 53.5 Å². The van der Waals surface area contributed by atoms with Gasteiger partial charge in [0.05, 0.1) is 7.11 Å². The minimum Gasteiger partial charge on any atom is -0.497 e. The largest absolute Gasteiger partial charge is 0.497 e. The fraction of sp³-hybridized carbons (Fsp3) is 0.478. The topological polar surface area (TPSA) is 45.7 Å². The van der Waals surface area contributed by atoms with Gasteiger partial charge in [-0.05, 0) is 55.0 Å². The summed E-state index contributed by atoms with van der Waals surface area (Å²) in [5, 5.41) is 0. The van der Waals surface area contributed by atoms with E-state index < -0.39 is 0 Å². The third-order valence-electron chi connectivity index (χ3n) is 6.00. The highest BCUT2D eigenvalue weighted by atomic mass is 16.5. The molecule has 1 aromatic heterocycles. The first-order valence-electron chi connectivity index (χ1n) is 10.3. The summed E-state index contributed by atoms with van der Waals surface area (Å²) >= 11 is 0. The fourth-order valence-electron chi connectivity index (χ4n) is 4.53. The molecule has 1 aromatic carbocycles. The van der Waals surface area contributed by atoms with Crippen LogP contribution in [0.2, 0.25) is 0 Å². The maximum atomic E-state index is 12.9. The van der Waals surface area contributed by atoms with E-state index in [1.54, 1.807) is 13.3 Å². The number of carbonyl (C=O) groups excluding carboxylic acids is 1. The fourth-order valence-corrected chi connectivity index (χ4v) is 4.53. The number of ether oxygens (including phenoxy) is 1. The van der Waals surface area contributed by atoms with Crippen molar-refractivity contribution in [2.24, 2.45) is 5.92 Å². The van der Waals surface area contributed by atoms with Crippen molar-refractivity contribution in [2.75, 3.05) is 26.7 Å². The van der Waals surface area contributed by atoms with Gasteiger partial charge in [-0.25, -0.2) is 0 Å². The molecule has 148 valence electrons. The molecule has 0 radical (unpaired) electrons. The third kappa shape index (κ3) is 4.53. The number of fused-ring (bicyclic) bond motifs is 4. The summed E-state index contributed by atoms with van der Waals surface area (Å²) < 4.78 is 5.26. The lowest BCUT2D eigenvalue weighted by atomic mass is 9.94. The SMILES string of the molecule is COc1ccc(CN2C[C@@H]3CC[C@H](C2)N(C(=O)CCc2ccccn2)C3)cc1. The third-order valence-corrected chi connectivity index (χ3v) is 6.00. The van der Waals surface area contributed by atoms with E-state index >= 15 is 0 Å². The Kier molecular flexibility index (Phi) is 5.91. The molecule has 0 unspecified atom stereocenters. The van der Waals surface area contributed by atoms with Crippen molar-refractivity contribution in [1.29, 1.82) is 0 Å². The van der Waals surface area contributed by atoms with Crippen LogP contribution >= 0.6 is 0 Å². The number of amides is 1. The van der Waals surface area contributed by atoms with Crippen LogP contribution in [0.4, 0.5) is 0 Å². The molecular weight excluding hydrogens is 350 g/mol. The summed E-state index contributed by atoms with van der Waals surface area (Å²) in [4.78, 5) is 21.9. The van der Waals surface area contributed by atoms with Crippen LogP contribution in [-0.2, 0) is 17.8 Å². The summed E-state index contributed by atoms with van der Waals surface area (Å²) in [6, 6.07) is 14.6. The van der Waals surface area contributed by atoms with Crippen molar-refractivity contribution in [2.45, 2.75) is 38.3 Å². The summed E-state index contributed by atoms with van der Waals surface area (Å²) in [5.41, 5.74) is 2.30. The molecule has 5 rings (SSSR count). The first kappa shape index (κ1) is 18.9. The minimum atomic E-state index is 0.284. The molecule has 2 aromatic rings. The number of aryl methyl sites for hydroxylation is 1. The Morgan fingerprint density at radius 1 is 1.11 bits per heavy atom. The van der Waals surface area contributed by atoms with E-state index in [9.17, 15) is 4.79 Å². The second-order valence-electron chi connectivity index (χ2n) is 8.01. The van der Waals surface area contributed by atoms with Crippen LogP contribution in [0.3, 0.4) is 0 Å². The average Bonchev–Trinajstić information content (AvgIpc) is 3.04. The number of aromatic nitrogens is 1. The van der Waals surface area contributed by atoms with Crippen LogP contribution in [0.15, 0.2) is 48.7 Å². The lowest BCUT2D eigenvalue weighted by Crippen LogP contribution is -2.47. The average molecular weight is 380 g/mol. The van der Waals surface area contributed by atoms with Gasteiger partial charge in [0.2, 0.25) is 5.91 Å². The number of hydrogen-bond acceptors (Lipinski definition) is 4. The van der Waals surface area contributed by atoms with E-state index in [0.29, 0.717) is 18.4 Å². The number of piperidine rings is 1. The van der Waals surface area contributed by atoms with Crippen LogP contribution < -0.4 is 4.74 Å². The van der Waals surface area contributed by atoms with E-state index in [2.05, 4.69) is 26.9 Å². The number of pyridine rings is 1. The van der Waals surface area contributed by atoms with Gasteiger partial charge in [0, 0.05) is 50.5 Å². The summed E-state index contributed by atoms with van der Waals surface area (Å²) in [5.74, 6) is 1.76. The first-order valence-corrected chi connectivity index (χ1v) is 10.3. The predicted molar refractivity (Wildman–Crippen MR) is 109 cm³/mol. The van der Waals surface area contributed by atoms with Crippen LogP contribution in [0.5, 0.6) is 5.75 Å². The Hall–Kier alpha value is -2.40. The molecule has 28 heavy (non-hydrogen) atoms. The quantitative estimate of drug-likeness (QED) is 0.774. The van der Waals surface area contributed by atoms with E-state index in [0.717, 1.165) is 50.5 Å². The van der Waals surface area contributed by atoms with Gasteiger partial charge >= 0.3 is 0 Å². The van der Waals surface area contributed by atoms with Crippen molar-refractivity contribution < 1.29 is 9.53 Å². The van der Waals surface area contributed by atoms with Gasteiger partial charge in [0.25, 0.3) is 0 Å². The molecule has 0 aliphatic carbocycles. The molecule has 4 heterocycles. The Labute approximate surface area is 167 Å². The molecule has 3 saturated heterocycles. The molecule has 5 heteroatoms. The maximum Gasteiger partial charge on any atom is 0.223 e. The Morgan fingerprint density at radius 2 is 1.96 bits per heavy atom. The minimum absolute atomic E-state index is 0.284. The normalized spacial score (nSPS) is 22.1. The van der Waals surface area contributed by atoms with Gasteiger partial charge in [-0.3, -0.25) is 14.7 Å². The van der Waals surface area contributed by atoms with Crippen LogP contribution in [0.1, 0.15) is 30.5 Å². The predicted octanol–water partition coefficient (Wildman–Crippen LogP) is 3.15. The van der Waals surface area contributed by atoms with Gasteiger partial charge in [-0.1, -0.05) is 18.2 Å². The van der Waals surface area contributed by atoms with Crippen molar-refractivity contribution in [3.8, 4) is 5.75 Å². The van der Waals surface area contributed by atoms with Crippen molar-refractivity contribution >= 4 is 5.91 Å². The Balaban J connectivity index is 1.36. The molecular formula is C23H29N3O2. The highest BCUT2D eigenvalue weighted by Gasteiger charge is 2.36. The van der Waals surface area contributed by atoms with Gasteiger partial charge in [-0.15, -0.1) is 0 Å². The van der Waals surface area contributed by atoms with Crippen molar-refractivity contribution in [3.05, 3.63) is 59.9 Å². The standard InChI is InChI=1S/C23H29N3O2/c1-28-22-10-6-18(7-11-22)14-25-15-19-5-9-21(17-25)26(16-19)23(27)12-8-20-4-2-3-13-24-20/h2-4,6-7,10-11,13,19,21H,5,8-9,12,14-17H2,1H3/t19-,21+/m0/s1. The zero-order chi connectivity index (χ0) is 19.3. The van der Waals surface area contributed by atoms with Crippen LogP contribution in [0.25, 0.3) is 0 Å². The van der Waals surface area contributed by atoms with E-state index in [-0.39, 0.29) is 5.91 Å². The number of benzene rings is 1. The molecule has 3 aliphatic rings. The Bertz CT molecular complexity index is 778. The highest BCUT2D eigenvalue weighted by Crippen LogP contribution is 2.29. The van der Waals surface area contributed by atoms with Gasteiger partial charge in [0.15, 0.2) is 0 Å². The van der Waals surface area contributed by atoms with Crippen molar-refractivity contribution in [3.63, 3.8) is 0 Å². The second-order valence-corrected chi connectivity index (χ2v) is 8.01. The maximum absolute atomic E-state index is 12.9.